The first kappa shape index (κ1) is 28.7. The molecular weight excluding hydrogens is 508 g/mol. The maximum absolute atomic E-state index is 12.6. The van der Waals surface area contributed by atoms with E-state index in [0.717, 1.165) is 21.6 Å². The van der Waals surface area contributed by atoms with Crippen molar-refractivity contribution in [2.45, 2.75) is 18.9 Å². The van der Waals surface area contributed by atoms with Crippen LogP contribution in [0.1, 0.15) is 12.8 Å². The van der Waals surface area contributed by atoms with Crippen molar-refractivity contribution in [3.8, 4) is 44.6 Å². The van der Waals surface area contributed by atoms with Gasteiger partial charge < -0.3 is 48.1 Å². The van der Waals surface area contributed by atoms with Gasteiger partial charge in [-0.1, -0.05) is 6.07 Å². The van der Waals surface area contributed by atoms with Gasteiger partial charge in [0.05, 0.1) is 39.0 Å². The average Bonchev–Trinajstić information content (AvgIpc) is 3.36. The Hall–Kier alpha value is -3.54. The molecule has 0 spiro atoms. The molecule has 0 saturated carbocycles. The monoisotopic (exact) mass is 536 g/mol. The Labute approximate surface area is 219 Å². The number of ether oxygens (including phenoxy) is 4. The lowest BCUT2D eigenvalue weighted by Gasteiger charge is -2.15. The van der Waals surface area contributed by atoms with E-state index >= 15 is 0 Å². The molecular formula is C24H29ClN4O6S. The fourth-order valence-electron chi connectivity index (χ4n) is 3.52. The number of nitrogens with zero attached hydrogens (tertiary/aromatic N) is 1. The van der Waals surface area contributed by atoms with Crippen LogP contribution in [0.25, 0.3) is 21.6 Å². The van der Waals surface area contributed by atoms with E-state index in [4.69, 9.17) is 24.7 Å². The molecule has 2 amide bonds. The zero-order chi connectivity index (χ0) is 25.5. The Morgan fingerprint density at radius 3 is 2.19 bits per heavy atom. The minimum atomic E-state index is -0.645. The lowest BCUT2D eigenvalue weighted by atomic mass is 10.0. The van der Waals surface area contributed by atoms with Gasteiger partial charge in [-0.3, -0.25) is 9.59 Å². The van der Waals surface area contributed by atoms with Crippen molar-refractivity contribution in [3.05, 3.63) is 36.5 Å². The van der Waals surface area contributed by atoms with Gasteiger partial charge in [-0.25, -0.2) is 0 Å². The summed E-state index contributed by atoms with van der Waals surface area (Å²) in [4.78, 5) is 24.6. The van der Waals surface area contributed by atoms with Crippen molar-refractivity contribution < 1.29 is 46.7 Å². The first-order valence-electron chi connectivity index (χ1n) is 10.7. The van der Waals surface area contributed by atoms with Crippen molar-refractivity contribution in [3.63, 3.8) is 0 Å². The predicted octanol–water partition coefficient (Wildman–Crippen LogP) is -0.670. The van der Waals surface area contributed by atoms with Crippen LogP contribution in [-0.2, 0) is 9.59 Å². The number of rotatable bonds is 11. The molecule has 3 aromatic rings. The van der Waals surface area contributed by atoms with Gasteiger partial charge in [0.15, 0.2) is 17.5 Å². The van der Waals surface area contributed by atoms with Crippen LogP contribution in [0.4, 0.5) is 5.69 Å². The lowest BCUT2D eigenvalue weighted by molar-refractivity contribution is -0.403. The summed E-state index contributed by atoms with van der Waals surface area (Å²) < 4.78 is 26.2. The Bertz CT molecular complexity index is 1190. The number of carbonyl (C=O) groups is 2. The highest BCUT2D eigenvalue weighted by Gasteiger charge is 2.22. The zero-order valence-corrected chi connectivity index (χ0v) is 22.0. The minimum absolute atomic E-state index is 0. The van der Waals surface area contributed by atoms with Crippen molar-refractivity contribution >= 4 is 29.0 Å². The summed E-state index contributed by atoms with van der Waals surface area (Å²) in [6, 6.07) is 8.53. The second-order valence-corrected chi connectivity index (χ2v) is 8.39. The van der Waals surface area contributed by atoms with Gasteiger partial charge in [0.2, 0.25) is 11.7 Å². The molecule has 0 radical (unpaired) electrons. The summed E-state index contributed by atoms with van der Waals surface area (Å²) >= 11 is 1.32. The topological polar surface area (TPSA) is 150 Å². The van der Waals surface area contributed by atoms with E-state index in [9.17, 15) is 9.59 Å². The SMILES string of the molecule is COc1ccc(-c2cnsc2-c2cc(OC)c(OC)c(OC)c2)cc1NC(=O)[C@@H]([NH3+])CCC(N)=O.[Cl-]. The number of halogens is 1. The molecule has 6 N–H and O–H groups in total. The number of hydrogen-bond acceptors (Lipinski definition) is 8. The number of primary amides is 1. The number of nitrogens with two attached hydrogens (primary N) is 1. The quantitative estimate of drug-likeness (QED) is 0.294. The number of anilines is 1. The van der Waals surface area contributed by atoms with Gasteiger partial charge in [0, 0.05) is 30.2 Å². The minimum Gasteiger partial charge on any atom is -1.00 e. The Morgan fingerprint density at radius 1 is 1.00 bits per heavy atom. The highest BCUT2D eigenvalue weighted by atomic mass is 35.5. The van der Waals surface area contributed by atoms with Crippen LogP contribution in [-0.4, -0.2) is 50.7 Å². The summed E-state index contributed by atoms with van der Waals surface area (Å²) in [5, 5.41) is 2.85. The molecule has 3 rings (SSSR count). The molecule has 10 nitrogen and oxygen atoms in total. The van der Waals surface area contributed by atoms with Crippen LogP contribution in [0.5, 0.6) is 23.0 Å². The largest absolute Gasteiger partial charge is 1.00 e. The first-order valence-corrected chi connectivity index (χ1v) is 11.5. The van der Waals surface area contributed by atoms with Gasteiger partial charge >= 0.3 is 0 Å². The van der Waals surface area contributed by atoms with E-state index in [2.05, 4.69) is 15.4 Å². The van der Waals surface area contributed by atoms with Gasteiger partial charge in [-0.05, 0) is 41.4 Å². The second kappa shape index (κ2) is 13.0. The van der Waals surface area contributed by atoms with E-state index in [0.29, 0.717) is 28.7 Å². The summed E-state index contributed by atoms with van der Waals surface area (Å²) in [6.07, 6.45) is 2.09. The zero-order valence-electron chi connectivity index (χ0n) is 20.4. The number of aromatic nitrogens is 1. The summed E-state index contributed by atoms with van der Waals surface area (Å²) in [5.41, 5.74) is 12.0. The molecule has 194 valence electrons. The Balaban J connectivity index is 0.00000456. The van der Waals surface area contributed by atoms with E-state index < -0.39 is 11.9 Å². The van der Waals surface area contributed by atoms with Crippen LogP contribution in [0, 0.1) is 0 Å². The molecule has 36 heavy (non-hydrogen) atoms. The molecule has 12 heteroatoms. The number of quaternary nitrogens is 1. The van der Waals surface area contributed by atoms with Crippen molar-refractivity contribution in [2.24, 2.45) is 5.73 Å². The first-order chi connectivity index (χ1) is 16.8. The maximum atomic E-state index is 12.6. The number of benzene rings is 2. The van der Waals surface area contributed by atoms with Gasteiger partial charge in [-0.15, -0.1) is 0 Å². The van der Waals surface area contributed by atoms with E-state index in [-0.39, 0.29) is 31.2 Å². The molecule has 1 atom stereocenters. The van der Waals surface area contributed by atoms with Crippen molar-refractivity contribution in [1.29, 1.82) is 0 Å². The maximum Gasteiger partial charge on any atom is 0.282 e. The van der Waals surface area contributed by atoms with Gasteiger partial charge in [0.1, 0.15) is 5.75 Å². The fraction of sp³-hybridized carbons (Fsp3) is 0.292. The molecule has 2 aromatic carbocycles. The summed E-state index contributed by atoms with van der Waals surface area (Å²) in [7, 11) is 6.20. The van der Waals surface area contributed by atoms with Crippen LogP contribution < -0.4 is 48.1 Å². The number of hydrogen-bond donors (Lipinski definition) is 3. The third-order valence-electron chi connectivity index (χ3n) is 5.38. The third kappa shape index (κ3) is 6.36. The molecule has 0 aliphatic heterocycles. The van der Waals surface area contributed by atoms with Crippen molar-refractivity contribution in [2.75, 3.05) is 33.8 Å². The molecule has 1 aromatic heterocycles. The van der Waals surface area contributed by atoms with Gasteiger partial charge in [-0.2, -0.15) is 4.37 Å². The number of methoxy groups -OCH3 is 4. The molecule has 1 heterocycles. The number of amides is 2. The van der Waals surface area contributed by atoms with Crippen LogP contribution in [0.15, 0.2) is 36.5 Å². The van der Waals surface area contributed by atoms with E-state index in [1.807, 2.05) is 24.3 Å². The smallest absolute Gasteiger partial charge is 0.282 e. The van der Waals surface area contributed by atoms with E-state index in [1.165, 1.54) is 18.6 Å². The average molecular weight is 537 g/mol. The standard InChI is InChI=1S/C24H28N4O6S.ClH/c1-31-18-7-5-13(9-17(18)28-24(30)16(25)6-8-21(26)29)15-12-27-35-23(15)14-10-19(32-2)22(34-4)20(11-14)33-3;/h5,7,9-12,16H,6,8,25H2,1-4H3,(H2,26,29)(H,28,30);1H/t16-;/m0./s1. The fourth-order valence-corrected chi connectivity index (χ4v) is 4.28. The van der Waals surface area contributed by atoms with Crippen LogP contribution >= 0.6 is 11.5 Å². The third-order valence-corrected chi connectivity index (χ3v) is 6.22. The molecule has 0 saturated heterocycles. The van der Waals surface area contributed by atoms with E-state index in [1.54, 1.807) is 33.6 Å². The van der Waals surface area contributed by atoms with Crippen LogP contribution in [0.3, 0.4) is 0 Å². The normalized spacial score (nSPS) is 11.1. The molecule has 0 fully saturated rings. The number of carbonyl (C=O) groups excluding carboxylic acids is 2. The molecule has 0 bridgehead atoms. The molecule has 0 aliphatic carbocycles. The predicted molar refractivity (Wildman–Crippen MR) is 133 cm³/mol. The highest BCUT2D eigenvalue weighted by molar-refractivity contribution is 7.10. The second-order valence-electron chi connectivity index (χ2n) is 7.59. The lowest BCUT2D eigenvalue weighted by Crippen LogP contribution is -3.00. The molecule has 0 unspecified atom stereocenters. The Kier molecular flexibility index (Phi) is 10.3. The summed E-state index contributed by atoms with van der Waals surface area (Å²) in [6.45, 7) is 0. The number of nitrogens with one attached hydrogen (secondary N) is 1. The Morgan fingerprint density at radius 2 is 1.64 bits per heavy atom. The summed E-state index contributed by atoms with van der Waals surface area (Å²) in [5.74, 6) is 1.23. The molecule has 0 aliphatic rings. The van der Waals surface area contributed by atoms with Crippen LogP contribution in [0.2, 0.25) is 0 Å². The van der Waals surface area contributed by atoms with Crippen molar-refractivity contribution in [1.82, 2.24) is 4.37 Å². The highest BCUT2D eigenvalue weighted by Crippen LogP contribution is 2.45. The van der Waals surface area contributed by atoms with Gasteiger partial charge in [0.25, 0.3) is 5.91 Å².